The number of fused-ring (bicyclic) bond motifs is 1. The highest BCUT2D eigenvalue weighted by Gasteiger charge is 2.49. The normalized spacial score (nSPS) is 20.9. The zero-order chi connectivity index (χ0) is 19.6. The first kappa shape index (κ1) is 18.5. The summed E-state index contributed by atoms with van der Waals surface area (Å²) < 4.78 is 11.0. The highest BCUT2D eigenvalue weighted by atomic mass is 16.6. The topological polar surface area (TPSA) is 126 Å². The Morgan fingerprint density at radius 2 is 1.89 bits per heavy atom. The van der Waals surface area contributed by atoms with E-state index in [0.29, 0.717) is 30.3 Å². The van der Waals surface area contributed by atoms with Crippen molar-refractivity contribution < 1.29 is 28.7 Å². The molecule has 144 valence electrons. The van der Waals surface area contributed by atoms with Crippen molar-refractivity contribution in [1.29, 1.82) is 0 Å². The number of ether oxygens (including phenoxy) is 2. The lowest BCUT2D eigenvalue weighted by Crippen LogP contribution is -2.45. The zero-order valence-electron chi connectivity index (χ0n) is 15.0. The highest BCUT2D eigenvalue weighted by molar-refractivity contribution is 6.09. The average molecular weight is 376 g/mol. The maximum absolute atomic E-state index is 12.8. The number of benzene rings is 1. The molecule has 10 nitrogen and oxygen atoms in total. The third kappa shape index (κ3) is 3.50. The summed E-state index contributed by atoms with van der Waals surface area (Å²) in [4.78, 5) is 49.1. The van der Waals surface area contributed by atoms with Gasteiger partial charge in [0.25, 0.3) is 5.91 Å². The van der Waals surface area contributed by atoms with E-state index in [1.807, 2.05) is 0 Å². The maximum atomic E-state index is 12.8. The van der Waals surface area contributed by atoms with Gasteiger partial charge < -0.3 is 25.4 Å². The van der Waals surface area contributed by atoms with Crippen molar-refractivity contribution in [3.05, 3.63) is 23.8 Å². The summed E-state index contributed by atoms with van der Waals surface area (Å²) >= 11 is 0. The SMILES string of the molecule is CNC(=O)CNC(=O)CN1C(=O)N[C@@](C)(c2ccc3c(c2)OCCO3)C1=O. The van der Waals surface area contributed by atoms with Gasteiger partial charge in [0.1, 0.15) is 25.3 Å². The highest BCUT2D eigenvalue weighted by Crippen LogP contribution is 2.36. The van der Waals surface area contributed by atoms with Crippen molar-refractivity contribution in [2.45, 2.75) is 12.5 Å². The fourth-order valence-corrected chi connectivity index (χ4v) is 2.86. The van der Waals surface area contributed by atoms with E-state index in [1.54, 1.807) is 25.1 Å². The number of carbonyl (C=O) groups excluding carboxylic acids is 4. The van der Waals surface area contributed by atoms with Gasteiger partial charge in [0.05, 0.1) is 6.54 Å². The number of nitrogens with one attached hydrogen (secondary N) is 3. The van der Waals surface area contributed by atoms with Crippen LogP contribution in [0.3, 0.4) is 0 Å². The van der Waals surface area contributed by atoms with E-state index in [0.717, 1.165) is 4.90 Å². The van der Waals surface area contributed by atoms with Crippen molar-refractivity contribution in [3.63, 3.8) is 0 Å². The van der Waals surface area contributed by atoms with E-state index in [-0.39, 0.29) is 12.5 Å². The average Bonchev–Trinajstić information content (AvgIpc) is 2.89. The van der Waals surface area contributed by atoms with Crippen LogP contribution >= 0.6 is 0 Å². The molecule has 0 aromatic heterocycles. The molecule has 1 aromatic carbocycles. The summed E-state index contributed by atoms with van der Waals surface area (Å²) in [6, 6.07) is 4.29. The number of nitrogens with zero attached hydrogens (tertiary/aromatic N) is 1. The van der Waals surface area contributed by atoms with Crippen LogP contribution in [0.25, 0.3) is 0 Å². The van der Waals surface area contributed by atoms with Crippen LogP contribution in [0.15, 0.2) is 18.2 Å². The Bertz CT molecular complexity index is 811. The molecule has 0 radical (unpaired) electrons. The van der Waals surface area contributed by atoms with Crippen molar-refractivity contribution in [3.8, 4) is 11.5 Å². The van der Waals surface area contributed by atoms with Crippen molar-refractivity contribution in [1.82, 2.24) is 20.9 Å². The number of carbonyl (C=O) groups is 4. The van der Waals surface area contributed by atoms with Crippen molar-refractivity contribution in [2.24, 2.45) is 0 Å². The Kier molecular flexibility index (Phi) is 4.89. The van der Waals surface area contributed by atoms with Gasteiger partial charge in [-0.25, -0.2) is 4.79 Å². The van der Waals surface area contributed by atoms with Crippen LogP contribution in [0.1, 0.15) is 12.5 Å². The molecule has 0 aliphatic carbocycles. The Morgan fingerprint density at radius 3 is 2.59 bits per heavy atom. The number of imide groups is 1. The molecule has 0 saturated carbocycles. The molecule has 0 spiro atoms. The van der Waals surface area contributed by atoms with E-state index >= 15 is 0 Å². The smallest absolute Gasteiger partial charge is 0.325 e. The van der Waals surface area contributed by atoms with E-state index in [9.17, 15) is 19.2 Å². The van der Waals surface area contributed by atoms with Crippen LogP contribution in [0, 0.1) is 0 Å². The molecule has 2 heterocycles. The quantitative estimate of drug-likeness (QED) is 0.571. The Hall–Kier alpha value is -3.30. The molecule has 0 bridgehead atoms. The Morgan fingerprint density at radius 1 is 1.19 bits per heavy atom. The van der Waals surface area contributed by atoms with Gasteiger partial charge in [-0.1, -0.05) is 6.07 Å². The van der Waals surface area contributed by atoms with Crippen LogP contribution in [0.4, 0.5) is 4.79 Å². The number of rotatable bonds is 5. The molecular formula is C17H20N4O6. The number of urea groups is 1. The van der Waals surface area contributed by atoms with Crippen LogP contribution < -0.4 is 25.4 Å². The predicted molar refractivity (Wildman–Crippen MR) is 92.1 cm³/mol. The van der Waals surface area contributed by atoms with Crippen LogP contribution in [0.2, 0.25) is 0 Å². The van der Waals surface area contributed by atoms with E-state index in [1.165, 1.54) is 7.05 Å². The summed E-state index contributed by atoms with van der Waals surface area (Å²) in [5, 5.41) is 7.32. The number of hydrogen-bond donors (Lipinski definition) is 3. The molecule has 1 saturated heterocycles. The largest absolute Gasteiger partial charge is 0.486 e. The molecule has 10 heteroatoms. The van der Waals surface area contributed by atoms with E-state index in [4.69, 9.17) is 9.47 Å². The molecule has 3 rings (SSSR count). The van der Waals surface area contributed by atoms with Crippen molar-refractivity contribution in [2.75, 3.05) is 33.4 Å². The minimum Gasteiger partial charge on any atom is -0.486 e. The molecule has 2 aliphatic heterocycles. The lowest BCUT2D eigenvalue weighted by Gasteiger charge is -2.25. The van der Waals surface area contributed by atoms with Crippen LogP contribution in [0.5, 0.6) is 11.5 Å². The second kappa shape index (κ2) is 7.14. The lowest BCUT2D eigenvalue weighted by molar-refractivity contribution is -0.135. The van der Waals surface area contributed by atoms with Gasteiger partial charge in [-0.15, -0.1) is 0 Å². The molecular weight excluding hydrogens is 356 g/mol. The van der Waals surface area contributed by atoms with Gasteiger partial charge >= 0.3 is 6.03 Å². The molecule has 27 heavy (non-hydrogen) atoms. The lowest BCUT2D eigenvalue weighted by atomic mass is 9.91. The van der Waals surface area contributed by atoms with Gasteiger partial charge in [0.15, 0.2) is 11.5 Å². The standard InChI is InChI=1S/C17H20N4O6/c1-17(10-3-4-11-12(7-10)27-6-5-26-11)15(24)21(16(25)20-17)9-14(23)19-8-13(22)18-2/h3-4,7H,5-6,8-9H2,1-2H3,(H,18,22)(H,19,23)(H,20,25)/t17-/m0/s1. The van der Waals surface area contributed by atoms with Gasteiger partial charge in [-0.2, -0.15) is 0 Å². The van der Waals surface area contributed by atoms with Crippen LogP contribution in [-0.4, -0.2) is 62.0 Å². The van der Waals surface area contributed by atoms with Gasteiger partial charge in [0, 0.05) is 7.05 Å². The first-order chi connectivity index (χ1) is 12.8. The fourth-order valence-electron chi connectivity index (χ4n) is 2.86. The van der Waals surface area contributed by atoms with E-state index in [2.05, 4.69) is 16.0 Å². The predicted octanol–water partition coefficient (Wildman–Crippen LogP) is -0.913. The second-order valence-electron chi connectivity index (χ2n) is 6.25. The fraction of sp³-hybridized carbons (Fsp3) is 0.412. The minimum absolute atomic E-state index is 0.238. The molecule has 1 aromatic rings. The third-order valence-corrected chi connectivity index (χ3v) is 4.42. The molecule has 5 amide bonds. The number of likely N-dealkylation sites (N-methyl/N-ethyl adjacent to an activating group) is 1. The van der Waals surface area contributed by atoms with Gasteiger partial charge in [-0.05, 0) is 24.6 Å². The number of hydrogen-bond acceptors (Lipinski definition) is 6. The minimum atomic E-state index is -1.34. The van der Waals surface area contributed by atoms with Crippen molar-refractivity contribution >= 4 is 23.8 Å². The summed E-state index contributed by atoms with van der Waals surface area (Å²) in [7, 11) is 1.44. The molecule has 3 N–H and O–H groups in total. The summed E-state index contributed by atoms with van der Waals surface area (Å²) in [5.41, 5.74) is -0.827. The maximum Gasteiger partial charge on any atom is 0.325 e. The molecule has 2 aliphatic rings. The second-order valence-corrected chi connectivity index (χ2v) is 6.25. The Balaban J connectivity index is 1.74. The zero-order valence-corrected chi connectivity index (χ0v) is 15.0. The first-order valence-electron chi connectivity index (χ1n) is 8.36. The summed E-state index contributed by atoms with van der Waals surface area (Å²) in [5.74, 6) is -0.519. The van der Waals surface area contributed by atoms with E-state index < -0.39 is 29.9 Å². The summed E-state index contributed by atoms with van der Waals surface area (Å²) in [6.07, 6.45) is 0. The van der Waals surface area contributed by atoms with Gasteiger partial charge in [0.2, 0.25) is 11.8 Å². The summed E-state index contributed by atoms with van der Waals surface area (Å²) in [6.45, 7) is 1.67. The van der Waals surface area contributed by atoms with Crippen LogP contribution in [-0.2, 0) is 19.9 Å². The van der Waals surface area contributed by atoms with Gasteiger partial charge in [-0.3, -0.25) is 19.3 Å². The first-order valence-corrected chi connectivity index (χ1v) is 8.36. The number of amides is 5. The molecule has 0 unspecified atom stereocenters. The molecule has 1 fully saturated rings. The Labute approximate surface area is 155 Å². The third-order valence-electron chi connectivity index (χ3n) is 4.42. The molecule has 1 atom stereocenters. The monoisotopic (exact) mass is 376 g/mol.